The number of alkyl halides is 6. The van der Waals surface area contributed by atoms with Crippen LogP contribution in [0.25, 0.3) is 0 Å². The number of halogens is 6. The first-order valence-corrected chi connectivity index (χ1v) is 8.24. The lowest BCUT2D eigenvalue weighted by atomic mass is 10.0. The van der Waals surface area contributed by atoms with E-state index in [0.717, 1.165) is 6.08 Å². The zero-order valence-electron chi connectivity index (χ0n) is 12.5. The van der Waals surface area contributed by atoms with Gasteiger partial charge in [0.1, 0.15) is 6.61 Å². The van der Waals surface area contributed by atoms with Crippen molar-refractivity contribution >= 4 is 13.5 Å². The SMILES string of the molecule is C=CCN(CC(F)(F)C(F)(F)C(F)(F)COP(C)(=O)O)C(=O)C=C. The van der Waals surface area contributed by atoms with Gasteiger partial charge in [-0.1, -0.05) is 12.7 Å². The van der Waals surface area contributed by atoms with Gasteiger partial charge < -0.3 is 14.3 Å². The van der Waals surface area contributed by atoms with Crippen molar-refractivity contribution < 1.29 is 45.1 Å². The van der Waals surface area contributed by atoms with E-state index >= 15 is 0 Å². The van der Waals surface area contributed by atoms with Gasteiger partial charge in [0, 0.05) is 13.2 Å². The monoisotopic (exact) mass is 383 g/mol. The van der Waals surface area contributed by atoms with E-state index < -0.39 is 51.0 Å². The summed E-state index contributed by atoms with van der Waals surface area (Å²) in [7, 11) is -4.59. The van der Waals surface area contributed by atoms with Crippen LogP contribution in [-0.2, 0) is 13.9 Å². The zero-order valence-corrected chi connectivity index (χ0v) is 13.4. The predicted molar refractivity (Wildman–Crippen MR) is 73.5 cm³/mol. The molecule has 0 saturated heterocycles. The molecule has 0 aromatic carbocycles. The lowest BCUT2D eigenvalue weighted by Crippen LogP contribution is -2.60. The largest absolute Gasteiger partial charge is 0.376 e. The highest BCUT2D eigenvalue weighted by atomic mass is 31.2. The molecular weight excluding hydrogens is 367 g/mol. The molecule has 24 heavy (non-hydrogen) atoms. The average Bonchev–Trinajstić information content (AvgIpc) is 2.42. The van der Waals surface area contributed by atoms with Gasteiger partial charge in [0.2, 0.25) is 5.91 Å². The van der Waals surface area contributed by atoms with Crippen molar-refractivity contribution in [3.8, 4) is 0 Å². The Kier molecular flexibility index (Phi) is 7.29. The summed E-state index contributed by atoms with van der Waals surface area (Å²) in [6.45, 7) is 1.46. The van der Waals surface area contributed by atoms with Gasteiger partial charge in [-0.05, 0) is 6.08 Å². The molecule has 0 saturated carbocycles. The van der Waals surface area contributed by atoms with Crippen LogP contribution in [0, 0.1) is 0 Å². The van der Waals surface area contributed by atoms with Crippen molar-refractivity contribution in [2.75, 3.05) is 26.4 Å². The molecule has 0 radical (unpaired) electrons. The average molecular weight is 383 g/mol. The van der Waals surface area contributed by atoms with E-state index in [4.69, 9.17) is 4.89 Å². The number of carbonyl (C=O) groups is 1. The number of hydrogen-bond donors (Lipinski definition) is 1. The normalized spacial score (nSPS) is 15.5. The summed E-state index contributed by atoms with van der Waals surface area (Å²) < 4.78 is 95.8. The summed E-state index contributed by atoms with van der Waals surface area (Å²) in [5.74, 6) is -18.0. The second-order valence-electron chi connectivity index (χ2n) is 4.77. The molecule has 140 valence electrons. The highest BCUT2D eigenvalue weighted by Gasteiger charge is 2.72. The van der Waals surface area contributed by atoms with E-state index in [1.807, 2.05) is 0 Å². The van der Waals surface area contributed by atoms with E-state index in [2.05, 4.69) is 17.7 Å². The summed E-state index contributed by atoms with van der Waals surface area (Å²) in [6.07, 6.45) is 1.47. The molecule has 1 N–H and O–H groups in total. The number of amides is 1. The van der Waals surface area contributed by atoms with Crippen LogP contribution in [-0.4, -0.2) is 59.8 Å². The zero-order chi connectivity index (χ0) is 19.4. The smallest absolute Gasteiger partial charge is 0.329 e. The first-order valence-electron chi connectivity index (χ1n) is 6.22. The Hall–Kier alpha value is -1.32. The molecule has 0 aliphatic rings. The van der Waals surface area contributed by atoms with E-state index in [1.54, 1.807) is 0 Å². The summed E-state index contributed by atoms with van der Waals surface area (Å²) >= 11 is 0. The van der Waals surface area contributed by atoms with Crippen LogP contribution in [0.15, 0.2) is 25.3 Å². The molecule has 0 bridgehead atoms. The van der Waals surface area contributed by atoms with E-state index in [0.29, 0.717) is 12.7 Å². The van der Waals surface area contributed by atoms with Gasteiger partial charge in [0.15, 0.2) is 0 Å². The second-order valence-corrected chi connectivity index (χ2v) is 6.64. The Morgan fingerprint density at radius 2 is 1.71 bits per heavy atom. The highest BCUT2D eigenvalue weighted by Crippen LogP contribution is 2.48. The van der Waals surface area contributed by atoms with Crippen molar-refractivity contribution in [3.05, 3.63) is 25.3 Å². The van der Waals surface area contributed by atoms with Crippen LogP contribution < -0.4 is 0 Å². The molecule has 0 aromatic heterocycles. The van der Waals surface area contributed by atoms with Gasteiger partial charge in [0.05, 0.1) is 6.54 Å². The lowest BCUT2D eigenvalue weighted by molar-refractivity contribution is -0.316. The molecule has 0 aliphatic heterocycles. The maximum Gasteiger partial charge on any atom is 0.376 e. The maximum absolute atomic E-state index is 13.7. The molecular formula is C12H16F6NO4P. The highest BCUT2D eigenvalue weighted by molar-refractivity contribution is 7.51. The van der Waals surface area contributed by atoms with Crippen molar-refractivity contribution in [2.24, 2.45) is 0 Å². The predicted octanol–water partition coefficient (Wildman–Crippen LogP) is 2.92. The molecule has 0 rings (SSSR count). The third-order valence-electron chi connectivity index (χ3n) is 2.63. The van der Waals surface area contributed by atoms with Crippen LogP contribution in [0.3, 0.4) is 0 Å². The van der Waals surface area contributed by atoms with E-state index in [1.165, 1.54) is 0 Å². The molecule has 1 atom stereocenters. The van der Waals surface area contributed by atoms with Crippen LogP contribution >= 0.6 is 7.60 Å². The standard InChI is InChI=1S/C12H16F6NO4P/c1-4-6-19(9(20)5-2)7-10(13,14)12(17,18)11(15,16)8-23-24(3,21)22/h4-5H,1-2,6-8H2,3H3,(H,21,22). The van der Waals surface area contributed by atoms with Gasteiger partial charge in [-0.3, -0.25) is 9.36 Å². The van der Waals surface area contributed by atoms with Gasteiger partial charge in [-0.15, -0.1) is 6.58 Å². The Labute approximate surface area is 134 Å². The van der Waals surface area contributed by atoms with Gasteiger partial charge in [0.25, 0.3) is 0 Å². The Morgan fingerprint density at radius 3 is 2.08 bits per heavy atom. The Morgan fingerprint density at radius 1 is 1.21 bits per heavy atom. The van der Waals surface area contributed by atoms with Crippen molar-refractivity contribution in [3.63, 3.8) is 0 Å². The molecule has 1 unspecified atom stereocenters. The molecule has 0 heterocycles. The van der Waals surface area contributed by atoms with Crippen LogP contribution in [0.4, 0.5) is 26.3 Å². The molecule has 0 spiro atoms. The summed E-state index contributed by atoms with van der Waals surface area (Å²) in [5, 5.41) is 0. The molecule has 5 nitrogen and oxygen atoms in total. The van der Waals surface area contributed by atoms with Gasteiger partial charge >= 0.3 is 25.4 Å². The number of carbonyl (C=O) groups excluding carboxylic acids is 1. The van der Waals surface area contributed by atoms with Crippen LogP contribution in [0.1, 0.15) is 0 Å². The third kappa shape index (κ3) is 5.64. The van der Waals surface area contributed by atoms with Crippen molar-refractivity contribution in [1.82, 2.24) is 4.90 Å². The fraction of sp³-hybridized carbons (Fsp3) is 0.583. The minimum atomic E-state index is -5.96. The first-order chi connectivity index (χ1) is 10.6. The molecule has 0 fully saturated rings. The topological polar surface area (TPSA) is 66.8 Å². The quantitative estimate of drug-likeness (QED) is 0.273. The van der Waals surface area contributed by atoms with Crippen molar-refractivity contribution in [1.29, 1.82) is 0 Å². The van der Waals surface area contributed by atoms with Gasteiger partial charge in [-0.2, -0.15) is 26.3 Å². The molecule has 0 aliphatic carbocycles. The summed E-state index contributed by atoms with van der Waals surface area (Å²) in [4.78, 5) is 20.1. The van der Waals surface area contributed by atoms with Crippen LogP contribution in [0.2, 0.25) is 0 Å². The summed E-state index contributed by atoms with van der Waals surface area (Å²) in [6, 6.07) is 0. The number of nitrogens with zero attached hydrogens (tertiary/aromatic N) is 1. The fourth-order valence-corrected chi connectivity index (χ4v) is 1.82. The first kappa shape index (κ1) is 22.7. The Balaban J connectivity index is 5.46. The Bertz CT molecular complexity index is 534. The van der Waals surface area contributed by atoms with E-state index in [-0.39, 0.29) is 4.90 Å². The maximum atomic E-state index is 13.7. The molecule has 0 aromatic rings. The minimum Gasteiger partial charge on any atom is -0.329 e. The minimum absolute atomic E-state index is 0.140. The summed E-state index contributed by atoms with van der Waals surface area (Å²) in [5.41, 5.74) is 0. The van der Waals surface area contributed by atoms with E-state index in [9.17, 15) is 35.7 Å². The lowest BCUT2D eigenvalue weighted by Gasteiger charge is -2.35. The third-order valence-corrected chi connectivity index (χ3v) is 3.24. The fourth-order valence-electron chi connectivity index (χ4n) is 1.42. The number of hydrogen-bond acceptors (Lipinski definition) is 3. The van der Waals surface area contributed by atoms with Crippen molar-refractivity contribution in [2.45, 2.75) is 17.8 Å². The number of rotatable bonds is 10. The molecule has 12 heteroatoms. The van der Waals surface area contributed by atoms with Crippen LogP contribution in [0.5, 0.6) is 0 Å². The molecule has 1 amide bonds. The van der Waals surface area contributed by atoms with Gasteiger partial charge in [-0.25, -0.2) is 0 Å². The second kappa shape index (κ2) is 7.71.